The van der Waals surface area contributed by atoms with Gasteiger partial charge in [0.05, 0.1) is 12.1 Å². The fourth-order valence-corrected chi connectivity index (χ4v) is 3.42. The SMILES string of the molecule is CO[C@@H]1C[C@H](CNC(=O)c2ccc(O)c(C)c2C)N(c2nccc(C)n2)C1. The Bertz CT molecular complexity index is 840. The van der Waals surface area contributed by atoms with Crippen molar-refractivity contribution in [1.29, 1.82) is 0 Å². The fourth-order valence-electron chi connectivity index (χ4n) is 3.42. The van der Waals surface area contributed by atoms with Gasteiger partial charge in [0.2, 0.25) is 5.95 Å². The molecule has 7 nitrogen and oxygen atoms in total. The van der Waals surface area contributed by atoms with Gasteiger partial charge in [-0.3, -0.25) is 4.79 Å². The molecular formula is C20H26N4O3. The lowest BCUT2D eigenvalue weighted by molar-refractivity contribution is 0.0945. The maximum Gasteiger partial charge on any atom is 0.251 e. The number of aryl methyl sites for hydroxylation is 1. The van der Waals surface area contributed by atoms with E-state index in [4.69, 9.17) is 4.74 Å². The van der Waals surface area contributed by atoms with Crippen molar-refractivity contribution in [3.8, 4) is 5.75 Å². The number of carbonyl (C=O) groups excluding carboxylic acids is 1. The summed E-state index contributed by atoms with van der Waals surface area (Å²) in [7, 11) is 1.70. The molecule has 2 atom stereocenters. The molecule has 1 aromatic carbocycles. The van der Waals surface area contributed by atoms with Crippen molar-refractivity contribution in [2.45, 2.75) is 39.3 Å². The Morgan fingerprint density at radius 3 is 2.78 bits per heavy atom. The average Bonchev–Trinajstić information content (AvgIpc) is 3.08. The monoisotopic (exact) mass is 370 g/mol. The summed E-state index contributed by atoms with van der Waals surface area (Å²) in [4.78, 5) is 23.6. The van der Waals surface area contributed by atoms with Crippen molar-refractivity contribution in [2.75, 3.05) is 25.1 Å². The lowest BCUT2D eigenvalue weighted by atomic mass is 10.0. The second kappa shape index (κ2) is 7.92. The average molecular weight is 370 g/mol. The van der Waals surface area contributed by atoms with Gasteiger partial charge in [0, 0.05) is 37.7 Å². The third kappa shape index (κ3) is 4.03. The van der Waals surface area contributed by atoms with E-state index < -0.39 is 0 Å². The van der Waals surface area contributed by atoms with Crippen LogP contribution in [0.3, 0.4) is 0 Å². The number of hydrogen-bond donors (Lipinski definition) is 2. The summed E-state index contributed by atoms with van der Waals surface area (Å²) in [5, 5.41) is 12.8. The van der Waals surface area contributed by atoms with Crippen LogP contribution in [0.1, 0.15) is 33.6 Å². The molecular weight excluding hydrogens is 344 g/mol. The second-order valence-electron chi connectivity index (χ2n) is 6.99. The summed E-state index contributed by atoms with van der Waals surface area (Å²) in [6.45, 7) is 6.74. The minimum atomic E-state index is -0.151. The summed E-state index contributed by atoms with van der Waals surface area (Å²) in [5.41, 5.74) is 2.98. The highest BCUT2D eigenvalue weighted by molar-refractivity contribution is 5.96. The molecule has 1 aliphatic rings. The summed E-state index contributed by atoms with van der Waals surface area (Å²) in [5.74, 6) is 0.706. The van der Waals surface area contributed by atoms with Gasteiger partial charge in [-0.05, 0) is 56.5 Å². The Balaban J connectivity index is 1.73. The third-order valence-corrected chi connectivity index (χ3v) is 5.25. The van der Waals surface area contributed by atoms with Gasteiger partial charge in [-0.15, -0.1) is 0 Å². The molecule has 2 heterocycles. The highest BCUT2D eigenvalue weighted by Gasteiger charge is 2.34. The van der Waals surface area contributed by atoms with E-state index in [9.17, 15) is 9.90 Å². The zero-order valence-corrected chi connectivity index (χ0v) is 16.2. The van der Waals surface area contributed by atoms with Crippen LogP contribution in [-0.2, 0) is 4.74 Å². The van der Waals surface area contributed by atoms with Crippen molar-refractivity contribution in [3.63, 3.8) is 0 Å². The minimum Gasteiger partial charge on any atom is -0.508 e. The van der Waals surface area contributed by atoms with Crippen LogP contribution in [0.25, 0.3) is 0 Å². The number of ether oxygens (including phenoxy) is 1. The number of anilines is 1. The van der Waals surface area contributed by atoms with Crippen LogP contribution in [0.15, 0.2) is 24.4 Å². The number of amides is 1. The largest absolute Gasteiger partial charge is 0.508 e. The Morgan fingerprint density at radius 2 is 2.07 bits per heavy atom. The number of benzene rings is 1. The van der Waals surface area contributed by atoms with Crippen LogP contribution in [0.2, 0.25) is 0 Å². The quantitative estimate of drug-likeness (QED) is 0.838. The number of aromatic nitrogens is 2. The maximum atomic E-state index is 12.7. The van der Waals surface area contributed by atoms with Crippen molar-refractivity contribution in [3.05, 3.63) is 46.8 Å². The van der Waals surface area contributed by atoms with Crippen LogP contribution < -0.4 is 10.2 Å². The molecule has 0 spiro atoms. The zero-order chi connectivity index (χ0) is 19.6. The molecule has 7 heteroatoms. The Morgan fingerprint density at radius 1 is 1.30 bits per heavy atom. The summed E-state index contributed by atoms with van der Waals surface area (Å²) >= 11 is 0. The van der Waals surface area contributed by atoms with Gasteiger partial charge in [0.15, 0.2) is 0 Å². The van der Waals surface area contributed by atoms with E-state index in [0.29, 0.717) is 24.6 Å². The summed E-state index contributed by atoms with van der Waals surface area (Å²) in [6, 6.07) is 5.13. The fraction of sp³-hybridized carbons (Fsp3) is 0.450. The van der Waals surface area contributed by atoms with Gasteiger partial charge in [0.1, 0.15) is 5.75 Å². The standard InChI is InChI=1S/C20H26N4O3/c1-12-7-8-21-20(23-12)24-11-16(27-4)9-15(24)10-22-19(26)17-5-6-18(25)14(3)13(17)2/h5-8,15-16,25H,9-11H2,1-4H3,(H,22,26)/t15-,16-/m1/s1. The number of rotatable bonds is 5. The van der Waals surface area contributed by atoms with Crippen molar-refractivity contribution < 1.29 is 14.6 Å². The molecule has 1 fully saturated rings. The Hall–Kier alpha value is -2.67. The predicted octanol–water partition coefficient (Wildman–Crippen LogP) is 2.13. The number of methoxy groups -OCH3 is 1. The first kappa shape index (κ1) is 19.1. The highest BCUT2D eigenvalue weighted by Crippen LogP contribution is 2.25. The summed E-state index contributed by atoms with van der Waals surface area (Å²) in [6.07, 6.45) is 2.62. The number of nitrogens with zero attached hydrogens (tertiary/aromatic N) is 3. The minimum absolute atomic E-state index is 0.0548. The number of aromatic hydroxyl groups is 1. The predicted molar refractivity (Wildman–Crippen MR) is 103 cm³/mol. The van der Waals surface area contributed by atoms with E-state index >= 15 is 0 Å². The number of hydrogen-bond acceptors (Lipinski definition) is 6. The molecule has 1 aromatic heterocycles. The van der Waals surface area contributed by atoms with Gasteiger partial charge in [0.25, 0.3) is 5.91 Å². The van der Waals surface area contributed by atoms with Gasteiger partial charge in [-0.1, -0.05) is 0 Å². The lowest BCUT2D eigenvalue weighted by Crippen LogP contribution is -2.41. The van der Waals surface area contributed by atoms with Gasteiger partial charge >= 0.3 is 0 Å². The van der Waals surface area contributed by atoms with E-state index in [0.717, 1.165) is 23.2 Å². The van der Waals surface area contributed by atoms with E-state index in [2.05, 4.69) is 20.2 Å². The molecule has 1 saturated heterocycles. The maximum absolute atomic E-state index is 12.7. The molecule has 1 aliphatic heterocycles. The van der Waals surface area contributed by atoms with Gasteiger partial charge in [-0.2, -0.15) is 0 Å². The van der Waals surface area contributed by atoms with Gasteiger partial charge < -0.3 is 20.1 Å². The first-order valence-electron chi connectivity index (χ1n) is 9.07. The van der Waals surface area contributed by atoms with Crippen LogP contribution >= 0.6 is 0 Å². The topological polar surface area (TPSA) is 87.6 Å². The number of nitrogens with one attached hydrogen (secondary N) is 1. The highest BCUT2D eigenvalue weighted by atomic mass is 16.5. The third-order valence-electron chi connectivity index (χ3n) is 5.25. The molecule has 1 amide bonds. The summed E-state index contributed by atoms with van der Waals surface area (Å²) < 4.78 is 5.53. The number of phenols is 1. The van der Waals surface area contributed by atoms with Crippen LogP contribution in [0.4, 0.5) is 5.95 Å². The second-order valence-corrected chi connectivity index (χ2v) is 6.99. The van der Waals surface area contributed by atoms with E-state index in [1.807, 2.05) is 19.9 Å². The van der Waals surface area contributed by atoms with Crippen LogP contribution in [0, 0.1) is 20.8 Å². The number of carbonyl (C=O) groups is 1. The molecule has 0 saturated carbocycles. The molecule has 27 heavy (non-hydrogen) atoms. The number of phenolic OH excluding ortho intramolecular Hbond substituents is 1. The van der Waals surface area contributed by atoms with E-state index in [1.54, 1.807) is 32.4 Å². The molecule has 3 rings (SSSR count). The van der Waals surface area contributed by atoms with Crippen molar-refractivity contribution >= 4 is 11.9 Å². The zero-order valence-electron chi connectivity index (χ0n) is 16.2. The van der Waals surface area contributed by atoms with Gasteiger partial charge in [-0.25, -0.2) is 9.97 Å². The van der Waals surface area contributed by atoms with Crippen LogP contribution in [0.5, 0.6) is 5.75 Å². The van der Waals surface area contributed by atoms with Crippen molar-refractivity contribution in [1.82, 2.24) is 15.3 Å². The Kier molecular flexibility index (Phi) is 5.60. The Labute approximate surface area is 159 Å². The molecule has 0 unspecified atom stereocenters. The molecule has 0 bridgehead atoms. The molecule has 0 aliphatic carbocycles. The van der Waals surface area contributed by atoms with E-state index in [-0.39, 0.29) is 23.8 Å². The van der Waals surface area contributed by atoms with Crippen LogP contribution in [-0.4, -0.2) is 53.3 Å². The van der Waals surface area contributed by atoms with Crippen molar-refractivity contribution in [2.24, 2.45) is 0 Å². The molecule has 144 valence electrons. The van der Waals surface area contributed by atoms with E-state index in [1.165, 1.54) is 0 Å². The first-order valence-corrected chi connectivity index (χ1v) is 9.07. The molecule has 2 N–H and O–H groups in total. The smallest absolute Gasteiger partial charge is 0.251 e. The first-order chi connectivity index (χ1) is 12.9. The molecule has 2 aromatic rings. The normalized spacial score (nSPS) is 19.3. The lowest BCUT2D eigenvalue weighted by Gasteiger charge is -2.24. The molecule has 0 radical (unpaired) electrons.